The normalized spacial score (nSPS) is 16.7. The summed E-state index contributed by atoms with van der Waals surface area (Å²) in [6, 6.07) is 4.16. The van der Waals surface area contributed by atoms with Crippen LogP contribution in [-0.2, 0) is 6.42 Å². The number of amides is 2. The molecule has 0 aliphatic heterocycles. The molecule has 0 bridgehead atoms. The Balaban J connectivity index is 2.08. The Labute approximate surface area is 128 Å². The van der Waals surface area contributed by atoms with Crippen LogP contribution in [0.3, 0.4) is 0 Å². The summed E-state index contributed by atoms with van der Waals surface area (Å²) < 4.78 is 0. The molecule has 0 saturated heterocycles. The third kappa shape index (κ3) is 3.54. The summed E-state index contributed by atoms with van der Waals surface area (Å²) in [6.45, 7) is 3.50. The number of nitrogens with zero attached hydrogens (tertiary/aromatic N) is 1. The molecule has 1 aromatic rings. The van der Waals surface area contributed by atoms with Gasteiger partial charge < -0.3 is 15.7 Å². The number of benzene rings is 1. The van der Waals surface area contributed by atoms with Gasteiger partial charge in [0.2, 0.25) is 0 Å². The van der Waals surface area contributed by atoms with Gasteiger partial charge in [0.1, 0.15) is 0 Å². The van der Waals surface area contributed by atoms with Crippen LogP contribution in [0.1, 0.15) is 32.3 Å². The summed E-state index contributed by atoms with van der Waals surface area (Å²) in [7, 11) is 0. The average Bonchev–Trinajstić information content (AvgIpc) is 3.31. The summed E-state index contributed by atoms with van der Waals surface area (Å²) in [6.07, 6.45) is 2.51. The van der Waals surface area contributed by atoms with Crippen LogP contribution in [-0.4, -0.2) is 28.2 Å². The number of aryl methyl sites for hydroxylation is 1. The van der Waals surface area contributed by atoms with E-state index in [1.54, 1.807) is 19.1 Å². The Kier molecular flexibility index (Phi) is 4.65. The van der Waals surface area contributed by atoms with E-state index in [1.165, 1.54) is 6.07 Å². The minimum atomic E-state index is -0.653. The summed E-state index contributed by atoms with van der Waals surface area (Å²) >= 11 is 0. The molecule has 2 rings (SSSR count). The molecule has 0 aromatic heterocycles. The largest absolute Gasteiger partial charge is 0.394 e. The first-order valence-corrected chi connectivity index (χ1v) is 7.37. The van der Waals surface area contributed by atoms with Crippen molar-refractivity contribution in [3.63, 3.8) is 0 Å². The molecule has 1 unspecified atom stereocenters. The fourth-order valence-electron chi connectivity index (χ4n) is 2.52. The third-order valence-electron chi connectivity index (χ3n) is 4.13. The number of carbonyl (C=O) groups excluding carboxylic acids is 1. The molecule has 2 amide bonds. The number of rotatable bonds is 6. The number of nitro benzene ring substituents is 1. The highest BCUT2D eigenvalue weighted by Gasteiger charge is 2.42. The van der Waals surface area contributed by atoms with E-state index in [0.29, 0.717) is 17.7 Å². The van der Waals surface area contributed by atoms with Crippen LogP contribution in [0.25, 0.3) is 0 Å². The molecular formula is C15H21N3O4. The molecule has 1 aromatic carbocycles. The summed E-state index contributed by atoms with van der Waals surface area (Å²) in [5.41, 5.74) is 0.318. The zero-order valence-corrected chi connectivity index (χ0v) is 12.8. The van der Waals surface area contributed by atoms with Gasteiger partial charge in [-0.25, -0.2) is 4.79 Å². The van der Waals surface area contributed by atoms with Crippen molar-refractivity contribution in [1.82, 2.24) is 5.32 Å². The number of nitrogens with one attached hydrogen (secondary N) is 2. The lowest BCUT2D eigenvalue weighted by atomic mass is 9.97. The predicted molar refractivity (Wildman–Crippen MR) is 82.8 cm³/mol. The Morgan fingerprint density at radius 2 is 2.18 bits per heavy atom. The van der Waals surface area contributed by atoms with Crippen molar-refractivity contribution in [1.29, 1.82) is 0 Å². The van der Waals surface area contributed by atoms with Crippen LogP contribution < -0.4 is 10.6 Å². The monoisotopic (exact) mass is 307 g/mol. The van der Waals surface area contributed by atoms with E-state index in [1.807, 2.05) is 6.92 Å². The van der Waals surface area contributed by atoms with Crippen LogP contribution in [0.5, 0.6) is 0 Å². The van der Waals surface area contributed by atoms with Crippen molar-refractivity contribution >= 4 is 17.4 Å². The van der Waals surface area contributed by atoms with Crippen LogP contribution in [0.2, 0.25) is 0 Å². The first-order valence-electron chi connectivity index (χ1n) is 7.37. The number of carbonyl (C=O) groups is 1. The average molecular weight is 307 g/mol. The second-order valence-electron chi connectivity index (χ2n) is 5.88. The molecule has 120 valence electrons. The first kappa shape index (κ1) is 16.2. The van der Waals surface area contributed by atoms with Crippen molar-refractivity contribution in [2.24, 2.45) is 5.92 Å². The van der Waals surface area contributed by atoms with Crippen LogP contribution >= 0.6 is 0 Å². The van der Waals surface area contributed by atoms with E-state index in [4.69, 9.17) is 0 Å². The number of aliphatic hydroxyl groups is 1. The molecule has 7 nitrogen and oxygen atoms in total. The lowest BCUT2D eigenvalue weighted by Crippen LogP contribution is -2.52. The number of hydrogen-bond donors (Lipinski definition) is 3. The van der Waals surface area contributed by atoms with Gasteiger partial charge in [-0.3, -0.25) is 10.1 Å². The van der Waals surface area contributed by atoms with Gasteiger partial charge in [0, 0.05) is 17.3 Å². The van der Waals surface area contributed by atoms with Crippen molar-refractivity contribution in [2.45, 2.75) is 38.6 Å². The highest BCUT2D eigenvalue weighted by molar-refractivity contribution is 5.90. The molecule has 1 aliphatic carbocycles. The Hall–Kier alpha value is -2.15. The molecule has 1 aliphatic rings. The lowest BCUT2D eigenvalue weighted by Gasteiger charge is -2.28. The molecule has 22 heavy (non-hydrogen) atoms. The number of hydrogen-bond acceptors (Lipinski definition) is 4. The number of nitro groups is 1. The Morgan fingerprint density at radius 3 is 2.68 bits per heavy atom. The number of anilines is 1. The molecule has 1 atom stereocenters. The van der Waals surface area contributed by atoms with Gasteiger partial charge >= 0.3 is 6.03 Å². The Bertz CT molecular complexity index is 586. The maximum absolute atomic E-state index is 12.1. The maximum Gasteiger partial charge on any atom is 0.319 e. The van der Waals surface area contributed by atoms with E-state index in [-0.39, 0.29) is 18.2 Å². The second-order valence-corrected chi connectivity index (χ2v) is 5.88. The highest BCUT2D eigenvalue weighted by Crippen LogP contribution is 2.39. The van der Waals surface area contributed by atoms with Crippen LogP contribution in [0.15, 0.2) is 18.2 Å². The predicted octanol–water partition coefficient (Wildman–Crippen LogP) is 2.44. The van der Waals surface area contributed by atoms with Crippen molar-refractivity contribution in [2.75, 3.05) is 11.9 Å². The van der Waals surface area contributed by atoms with Gasteiger partial charge in [0.05, 0.1) is 17.1 Å². The molecule has 1 fully saturated rings. The van der Waals surface area contributed by atoms with Gasteiger partial charge in [0.25, 0.3) is 5.69 Å². The van der Waals surface area contributed by atoms with Gasteiger partial charge in [-0.2, -0.15) is 0 Å². The molecule has 0 spiro atoms. The van der Waals surface area contributed by atoms with Crippen LogP contribution in [0.4, 0.5) is 16.2 Å². The first-order chi connectivity index (χ1) is 10.4. The summed E-state index contributed by atoms with van der Waals surface area (Å²) in [4.78, 5) is 22.6. The minimum Gasteiger partial charge on any atom is -0.394 e. The molecule has 0 heterocycles. The topological polar surface area (TPSA) is 104 Å². The van der Waals surface area contributed by atoms with Gasteiger partial charge in [0.15, 0.2) is 0 Å². The lowest BCUT2D eigenvalue weighted by molar-refractivity contribution is -0.385. The fraction of sp³-hybridized carbons (Fsp3) is 0.533. The van der Waals surface area contributed by atoms with Gasteiger partial charge in [-0.1, -0.05) is 13.0 Å². The van der Waals surface area contributed by atoms with Crippen molar-refractivity contribution in [3.05, 3.63) is 33.9 Å². The molecule has 3 N–H and O–H groups in total. The van der Waals surface area contributed by atoms with E-state index in [0.717, 1.165) is 12.8 Å². The number of aliphatic hydroxyl groups excluding tert-OH is 1. The van der Waals surface area contributed by atoms with Crippen LogP contribution in [0, 0.1) is 16.0 Å². The molecule has 1 saturated carbocycles. The second kappa shape index (κ2) is 6.31. The van der Waals surface area contributed by atoms with E-state index in [9.17, 15) is 20.0 Å². The van der Waals surface area contributed by atoms with E-state index in [2.05, 4.69) is 10.6 Å². The van der Waals surface area contributed by atoms with E-state index < -0.39 is 16.5 Å². The van der Waals surface area contributed by atoms with Crippen molar-refractivity contribution < 1.29 is 14.8 Å². The van der Waals surface area contributed by atoms with Crippen molar-refractivity contribution in [3.8, 4) is 0 Å². The zero-order chi connectivity index (χ0) is 16.3. The smallest absolute Gasteiger partial charge is 0.319 e. The van der Waals surface area contributed by atoms with Gasteiger partial charge in [-0.15, -0.1) is 0 Å². The highest BCUT2D eigenvalue weighted by atomic mass is 16.6. The third-order valence-corrected chi connectivity index (χ3v) is 4.13. The fourth-order valence-corrected chi connectivity index (χ4v) is 2.52. The SMILES string of the molecule is CCc1ccc(NC(=O)NC(C)(CO)C2CC2)cc1[N+](=O)[O-]. The standard InChI is InChI=1S/C15H21N3O4/c1-3-10-4-7-12(8-13(10)18(21)22)16-14(20)17-15(2,9-19)11-5-6-11/h4,7-8,11,19H,3,5-6,9H2,1-2H3,(H2,16,17,20). The summed E-state index contributed by atoms with van der Waals surface area (Å²) in [5.74, 6) is 0.278. The van der Waals surface area contributed by atoms with E-state index >= 15 is 0 Å². The molecular weight excluding hydrogens is 286 g/mol. The molecule has 0 radical (unpaired) electrons. The maximum atomic E-state index is 12.1. The Morgan fingerprint density at radius 1 is 1.50 bits per heavy atom. The minimum absolute atomic E-state index is 0.00703. The summed E-state index contributed by atoms with van der Waals surface area (Å²) in [5, 5.41) is 25.9. The molecule has 7 heteroatoms. The number of urea groups is 1. The zero-order valence-electron chi connectivity index (χ0n) is 12.8. The quantitative estimate of drug-likeness (QED) is 0.554. The van der Waals surface area contributed by atoms with Gasteiger partial charge in [-0.05, 0) is 38.2 Å².